The molecule has 0 aliphatic heterocycles. The lowest BCUT2D eigenvalue weighted by atomic mass is 10.2. The van der Waals surface area contributed by atoms with Crippen molar-refractivity contribution in [1.29, 1.82) is 0 Å². The zero-order valence-electron chi connectivity index (χ0n) is 8.61. The number of pyridine rings is 1. The molecule has 2 rings (SSSR count). The van der Waals surface area contributed by atoms with Gasteiger partial charge in [0.25, 0.3) is 0 Å². The lowest BCUT2D eigenvalue weighted by Gasteiger charge is -2.06. The molecule has 16 heavy (non-hydrogen) atoms. The van der Waals surface area contributed by atoms with Crippen molar-refractivity contribution >= 4 is 34.2 Å². The van der Waals surface area contributed by atoms with Gasteiger partial charge in [-0.15, -0.1) is 0 Å². The molecule has 2 aromatic heterocycles. The van der Waals surface area contributed by atoms with Gasteiger partial charge in [0, 0.05) is 18.0 Å². The van der Waals surface area contributed by atoms with Crippen LogP contribution in [0.3, 0.4) is 0 Å². The zero-order valence-corrected chi connectivity index (χ0v) is 11.5. The minimum absolute atomic E-state index is 0.506. The smallest absolute Gasteiger partial charge is 0.162 e. The van der Waals surface area contributed by atoms with Gasteiger partial charge in [0.05, 0.1) is 9.26 Å². The van der Waals surface area contributed by atoms with Gasteiger partial charge in [-0.1, -0.05) is 18.5 Å². The summed E-state index contributed by atoms with van der Waals surface area (Å²) in [6, 6.07) is 3.78. The first-order valence-corrected chi connectivity index (χ1v) is 6.30. The molecule has 0 radical (unpaired) electrons. The zero-order chi connectivity index (χ0) is 11.5. The lowest BCUT2D eigenvalue weighted by molar-refractivity contribution is 0.988. The first-order valence-electron chi connectivity index (χ1n) is 4.84. The van der Waals surface area contributed by atoms with Crippen LogP contribution in [0.25, 0.3) is 11.4 Å². The number of hydrogen-bond acceptors (Lipinski definition) is 3. The third-order valence-electron chi connectivity index (χ3n) is 2.13. The predicted molar refractivity (Wildman–Crippen MR) is 72.4 cm³/mol. The van der Waals surface area contributed by atoms with Crippen molar-refractivity contribution in [2.24, 2.45) is 0 Å². The highest BCUT2D eigenvalue weighted by molar-refractivity contribution is 14.1. The fraction of sp³-hybridized carbons (Fsp3) is 0.182. The van der Waals surface area contributed by atoms with Gasteiger partial charge >= 0.3 is 0 Å². The maximum Gasteiger partial charge on any atom is 0.162 e. The van der Waals surface area contributed by atoms with Crippen molar-refractivity contribution in [1.82, 2.24) is 15.0 Å². The van der Waals surface area contributed by atoms with Gasteiger partial charge < -0.3 is 0 Å². The first kappa shape index (κ1) is 11.7. The number of halogens is 2. The van der Waals surface area contributed by atoms with Crippen LogP contribution in [0, 0.1) is 3.57 Å². The van der Waals surface area contributed by atoms with Crippen molar-refractivity contribution in [2.45, 2.75) is 13.3 Å². The second-order valence-electron chi connectivity index (χ2n) is 3.19. The lowest BCUT2D eigenvalue weighted by Crippen LogP contribution is -1.99. The van der Waals surface area contributed by atoms with E-state index in [4.69, 9.17) is 11.6 Å². The molecule has 2 aromatic rings. The Kier molecular flexibility index (Phi) is 3.70. The quantitative estimate of drug-likeness (QED) is 0.619. The highest BCUT2D eigenvalue weighted by Crippen LogP contribution is 2.23. The predicted octanol–water partition coefficient (Wildman–Crippen LogP) is 3.36. The second-order valence-corrected chi connectivity index (χ2v) is 4.63. The van der Waals surface area contributed by atoms with E-state index >= 15 is 0 Å². The summed E-state index contributed by atoms with van der Waals surface area (Å²) in [7, 11) is 0. The third-order valence-corrected chi connectivity index (χ3v) is 3.86. The fourth-order valence-electron chi connectivity index (χ4n) is 1.32. The molecule has 5 heteroatoms. The minimum atomic E-state index is 0.506. The molecule has 0 aliphatic rings. The summed E-state index contributed by atoms with van der Waals surface area (Å²) in [6.45, 7) is 2.05. The van der Waals surface area contributed by atoms with E-state index in [0.29, 0.717) is 11.0 Å². The molecule has 0 saturated heterocycles. The van der Waals surface area contributed by atoms with Crippen LogP contribution in [0.15, 0.2) is 24.5 Å². The van der Waals surface area contributed by atoms with Crippen LogP contribution in [0.5, 0.6) is 0 Å². The van der Waals surface area contributed by atoms with E-state index in [1.165, 1.54) is 0 Å². The molecular weight excluding hydrogens is 336 g/mol. The number of aryl methyl sites for hydroxylation is 1. The average Bonchev–Trinajstić information content (AvgIpc) is 2.33. The van der Waals surface area contributed by atoms with Crippen LogP contribution in [0.4, 0.5) is 0 Å². The average molecular weight is 346 g/mol. The third kappa shape index (κ3) is 2.32. The molecule has 0 N–H and O–H groups in total. The molecule has 2 heterocycles. The number of nitrogens with zero attached hydrogens (tertiary/aromatic N) is 3. The normalized spacial score (nSPS) is 10.4. The Hall–Kier alpha value is -0.750. The van der Waals surface area contributed by atoms with Gasteiger partial charge in [0.2, 0.25) is 0 Å². The van der Waals surface area contributed by atoms with Crippen LogP contribution in [-0.4, -0.2) is 15.0 Å². The van der Waals surface area contributed by atoms with Crippen molar-refractivity contribution in [3.8, 4) is 11.4 Å². The standard InChI is InChI=1S/C11H9ClIN3/c1-2-8-9(13)10(12)16-11(15-8)7-4-3-5-14-6-7/h3-6H,2H2,1H3. The molecule has 3 nitrogen and oxygen atoms in total. The van der Waals surface area contributed by atoms with Gasteiger partial charge in [0.15, 0.2) is 5.82 Å². The minimum Gasteiger partial charge on any atom is -0.264 e. The Morgan fingerprint density at radius 3 is 2.81 bits per heavy atom. The van der Waals surface area contributed by atoms with Gasteiger partial charge in [-0.25, -0.2) is 9.97 Å². The van der Waals surface area contributed by atoms with Crippen LogP contribution in [-0.2, 0) is 6.42 Å². The summed E-state index contributed by atoms with van der Waals surface area (Å²) in [5.74, 6) is 0.635. The van der Waals surface area contributed by atoms with Gasteiger partial charge in [-0.3, -0.25) is 4.98 Å². The van der Waals surface area contributed by atoms with Crippen LogP contribution in [0.2, 0.25) is 5.15 Å². The highest BCUT2D eigenvalue weighted by Gasteiger charge is 2.10. The molecule has 0 bridgehead atoms. The molecule has 0 unspecified atom stereocenters. The molecular formula is C11H9ClIN3. The van der Waals surface area contributed by atoms with E-state index in [1.807, 2.05) is 19.1 Å². The van der Waals surface area contributed by atoms with Crippen molar-refractivity contribution < 1.29 is 0 Å². The van der Waals surface area contributed by atoms with Crippen molar-refractivity contribution in [3.63, 3.8) is 0 Å². The van der Waals surface area contributed by atoms with Crippen molar-refractivity contribution in [2.75, 3.05) is 0 Å². The van der Waals surface area contributed by atoms with E-state index in [9.17, 15) is 0 Å². The Morgan fingerprint density at radius 1 is 1.38 bits per heavy atom. The Bertz CT molecular complexity index is 502. The van der Waals surface area contributed by atoms with E-state index in [2.05, 4.69) is 37.5 Å². The van der Waals surface area contributed by atoms with E-state index in [-0.39, 0.29) is 0 Å². The van der Waals surface area contributed by atoms with Crippen LogP contribution >= 0.6 is 34.2 Å². The molecule has 0 amide bonds. The maximum absolute atomic E-state index is 6.07. The van der Waals surface area contributed by atoms with Gasteiger partial charge in [-0.2, -0.15) is 0 Å². The highest BCUT2D eigenvalue weighted by atomic mass is 127. The first-order chi connectivity index (χ1) is 7.72. The van der Waals surface area contributed by atoms with Crippen molar-refractivity contribution in [3.05, 3.63) is 38.9 Å². The Morgan fingerprint density at radius 2 is 2.19 bits per heavy atom. The number of aromatic nitrogens is 3. The van der Waals surface area contributed by atoms with E-state index in [0.717, 1.165) is 21.2 Å². The van der Waals surface area contributed by atoms with Gasteiger partial charge in [0.1, 0.15) is 5.15 Å². The largest absolute Gasteiger partial charge is 0.264 e. The number of rotatable bonds is 2. The Balaban J connectivity index is 2.55. The van der Waals surface area contributed by atoms with E-state index < -0.39 is 0 Å². The summed E-state index contributed by atoms with van der Waals surface area (Å²) in [5.41, 5.74) is 1.86. The summed E-state index contributed by atoms with van der Waals surface area (Å²) in [4.78, 5) is 12.8. The van der Waals surface area contributed by atoms with Crippen LogP contribution in [0.1, 0.15) is 12.6 Å². The summed E-state index contributed by atoms with van der Waals surface area (Å²) >= 11 is 8.24. The van der Waals surface area contributed by atoms with Gasteiger partial charge in [-0.05, 0) is 41.1 Å². The fourth-order valence-corrected chi connectivity index (χ4v) is 2.13. The number of hydrogen-bond donors (Lipinski definition) is 0. The molecule has 0 aromatic carbocycles. The van der Waals surface area contributed by atoms with E-state index in [1.54, 1.807) is 12.4 Å². The summed E-state index contributed by atoms with van der Waals surface area (Å²) in [6.07, 6.45) is 4.30. The molecule has 0 aliphatic carbocycles. The molecule has 0 spiro atoms. The SMILES string of the molecule is CCc1nc(-c2cccnc2)nc(Cl)c1I. The Labute approximate surface area is 112 Å². The monoisotopic (exact) mass is 345 g/mol. The molecule has 0 fully saturated rings. The summed E-state index contributed by atoms with van der Waals surface area (Å²) < 4.78 is 0.925. The second kappa shape index (κ2) is 5.05. The van der Waals surface area contributed by atoms with Crippen LogP contribution < -0.4 is 0 Å². The molecule has 0 saturated carbocycles. The summed E-state index contributed by atoms with van der Waals surface area (Å²) in [5, 5.41) is 0.506. The topological polar surface area (TPSA) is 38.7 Å². The maximum atomic E-state index is 6.07. The molecule has 0 atom stereocenters. The molecule has 82 valence electrons.